The summed E-state index contributed by atoms with van der Waals surface area (Å²) in [6.45, 7) is 0. The van der Waals surface area contributed by atoms with Gasteiger partial charge in [-0.1, -0.05) is 11.3 Å². The van der Waals surface area contributed by atoms with E-state index < -0.39 is 0 Å². The summed E-state index contributed by atoms with van der Waals surface area (Å²) in [5.74, 6) is 2.80. The molecule has 3 aliphatic rings. The van der Waals surface area contributed by atoms with Gasteiger partial charge in [-0.25, -0.2) is 0 Å². The number of aromatic amines is 1. The molecule has 2 aliphatic carbocycles. The Morgan fingerprint density at radius 2 is 2.13 bits per heavy atom. The van der Waals surface area contributed by atoms with Crippen molar-refractivity contribution in [2.75, 3.05) is 0 Å². The highest BCUT2D eigenvalue weighted by Crippen LogP contribution is 2.58. The van der Waals surface area contributed by atoms with E-state index in [1.807, 2.05) is 11.8 Å². The van der Waals surface area contributed by atoms with Gasteiger partial charge in [-0.3, -0.25) is 4.79 Å². The highest BCUT2D eigenvalue weighted by Gasteiger charge is 2.50. The minimum atomic E-state index is 0.139. The van der Waals surface area contributed by atoms with Crippen LogP contribution in [0.15, 0.2) is 9.82 Å². The number of hydrogen-bond acceptors (Lipinski definition) is 3. The predicted molar refractivity (Wildman–Crippen MR) is 62.6 cm³/mol. The lowest BCUT2D eigenvalue weighted by Crippen LogP contribution is -2.29. The van der Waals surface area contributed by atoms with Gasteiger partial charge in [-0.15, -0.1) is 11.8 Å². The molecule has 0 saturated heterocycles. The maximum absolute atomic E-state index is 11.3. The first-order valence-electron chi connectivity index (χ1n) is 5.70. The van der Waals surface area contributed by atoms with E-state index >= 15 is 0 Å². The standard InChI is InChI=1S/C11H13NOS2/c13-11-12-10-8(14-11)4-7-5-1-2-6(3-5)9(7)15-10/h5-7,9H,1-4H2,(H,12,13)/t5?,6-,7-,9+/m1/s1. The summed E-state index contributed by atoms with van der Waals surface area (Å²) in [7, 11) is 0. The monoisotopic (exact) mass is 239 g/mol. The van der Waals surface area contributed by atoms with Crippen LogP contribution in [0.2, 0.25) is 0 Å². The van der Waals surface area contributed by atoms with Gasteiger partial charge in [0, 0.05) is 10.1 Å². The summed E-state index contributed by atoms with van der Waals surface area (Å²) < 4.78 is 0. The number of aromatic nitrogens is 1. The van der Waals surface area contributed by atoms with Crippen LogP contribution in [0.5, 0.6) is 0 Å². The van der Waals surface area contributed by atoms with Crippen molar-refractivity contribution in [3.8, 4) is 0 Å². The summed E-state index contributed by atoms with van der Waals surface area (Å²) in [6, 6.07) is 0. The zero-order valence-corrected chi connectivity index (χ0v) is 10.00. The molecule has 4 rings (SSSR count). The number of rotatable bonds is 0. The molecular formula is C11H13NOS2. The summed E-state index contributed by atoms with van der Waals surface area (Å²) in [5, 5.41) is 2.01. The highest BCUT2D eigenvalue weighted by atomic mass is 32.2. The number of fused-ring (bicyclic) bond motifs is 6. The maximum atomic E-state index is 11.3. The van der Waals surface area contributed by atoms with Gasteiger partial charge < -0.3 is 4.98 Å². The number of H-pyrrole nitrogens is 1. The molecule has 2 bridgehead atoms. The predicted octanol–water partition coefficient (Wildman–Crippen LogP) is 2.50. The first-order chi connectivity index (χ1) is 7.31. The molecule has 2 saturated carbocycles. The molecule has 0 amide bonds. The fraction of sp³-hybridized carbons (Fsp3) is 0.727. The first kappa shape index (κ1) is 8.88. The van der Waals surface area contributed by atoms with E-state index in [0.29, 0.717) is 0 Å². The quantitative estimate of drug-likeness (QED) is 0.754. The third-order valence-electron chi connectivity index (χ3n) is 4.37. The molecule has 1 N–H and O–H groups in total. The van der Waals surface area contributed by atoms with Crippen LogP contribution >= 0.6 is 23.1 Å². The second-order valence-electron chi connectivity index (χ2n) is 5.05. The Morgan fingerprint density at radius 1 is 1.27 bits per heavy atom. The number of thioether (sulfide) groups is 1. The van der Waals surface area contributed by atoms with Crippen molar-refractivity contribution in [3.63, 3.8) is 0 Å². The lowest BCUT2D eigenvalue weighted by atomic mass is 9.85. The van der Waals surface area contributed by atoms with E-state index in [0.717, 1.165) is 23.0 Å². The molecule has 15 heavy (non-hydrogen) atoms. The minimum absolute atomic E-state index is 0.139. The molecule has 0 spiro atoms. The molecule has 2 fully saturated rings. The van der Waals surface area contributed by atoms with E-state index in [1.54, 1.807) is 0 Å². The van der Waals surface area contributed by atoms with Gasteiger partial charge >= 0.3 is 4.87 Å². The van der Waals surface area contributed by atoms with E-state index in [2.05, 4.69) is 4.98 Å². The molecule has 2 heterocycles. The Labute approximate surface area is 96.5 Å². The zero-order chi connectivity index (χ0) is 9.99. The largest absolute Gasteiger partial charge is 0.307 e. The van der Waals surface area contributed by atoms with E-state index in [4.69, 9.17) is 0 Å². The van der Waals surface area contributed by atoms with Crippen molar-refractivity contribution >= 4 is 23.1 Å². The van der Waals surface area contributed by atoms with Crippen LogP contribution in [0.3, 0.4) is 0 Å². The zero-order valence-electron chi connectivity index (χ0n) is 8.36. The lowest BCUT2D eigenvalue weighted by molar-refractivity contribution is 0.337. The third-order valence-corrected chi connectivity index (χ3v) is 6.99. The molecular weight excluding hydrogens is 226 g/mol. The third kappa shape index (κ3) is 1.15. The van der Waals surface area contributed by atoms with Crippen LogP contribution in [0, 0.1) is 17.8 Å². The smallest absolute Gasteiger partial charge is 0.305 e. The van der Waals surface area contributed by atoms with Gasteiger partial charge in [-0.2, -0.15) is 0 Å². The van der Waals surface area contributed by atoms with E-state index in [9.17, 15) is 4.79 Å². The Morgan fingerprint density at radius 3 is 3.07 bits per heavy atom. The molecule has 80 valence electrons. The fourth-order valence-electron chi connectivity index (χ4n) is 3.75. The van der Waals surface area contributed by atoms with Crippen LogP contribution in [-0.2, 0) is 6.42 Å². The Kier molecular flexibility index (Phi) is 1.73. The van der Waals surface area contributed by atoms with Crippen molar-refractivity contribution in [3.05, 3.63) is 14.5 Å². The van der Waals surface area contributed by atoms with Crippen LogP contribution in [0.4, 0.5) is 0 Å². The number of thiazole rings is 1. The Hall–Kier alpha value is -0.220. The fourth-order valence-corrected chi connectivity index (χ4v) is 6.45. The first-order valence-corrected chi connectivity index (χ1v) is 7.39. The van der Waals surface area contributed by atoms with E-state index in [-0.39, 0.29) is 4.87 Å². The van der Waals surface area contributed by atoms with Crippen molar-refractivity contribution in [2.45, 2.75) is 36.0 Å². The van der Waals surface area contributed by atoms with E-state index in [1.165, 1.54) is 46.9 Å². The van der Waals surface area contributed by atoms with Crippen molar-refractivity contribution < 1.29 is 0 Å². The number of nitrogens with one attached hydrogen (secondary N) is 1. The average Bonchev–Trinajstić information content (AvgIpc) is 2.85. The highest BCUT2D eigenvalue weighted by molar-refractivity contribution is 8.00. The van der Waals surface area contributed by atoms with Crippen molar-refractivity contribution in [1.82, 2.24) is 4.98 Å². The van der Waals surface area contributed by atoms with Gasteiger partial charge in [0.2, 0.25) is 0 Å². The Balaban J connectivity index is 1.77. The average molecular weight is 239 g/mol. The lowest BCUT2D eigenvalue weighted by Gasteiger charge is -2.33. The van der Waals surface area contributed by atoms with Crippen molar-refractivity contribution in [1.29, 1.82) is 0 Å². The molecule has 4 atom stereocenters. The minimum Gasteiger partial charge on any atom is -0.307 e. The van der Waals surface area contributed by atoms with Gasteiger partial charge in [0.25, 0.3) is 0 Å². The SMILES string of the molecule is O=c1[nH]c2c(s1)C[C@@H]1C3CC[C@H](C3)[C@@H]1S2. The summed E-state index contributed by atoms with van der Waals surface area (Å²) >= 11 is 3.40. The summed E-state index contributed by atoms with van der Waals surface area (Å²) in [4.78, 5) is 15.8. The second kappa shape index (κ2) is 2.92. The molecule has 1 unspecified atom stereocenters. The van der Waals surface area contributed by atoms with Gasteiger partial charge in [0.05, 0.1) is 5.03 Å². The summed E-state index contributed by atoms with van der Waals surface area (Å²) in [5.41, 5.74) is 0. The van der Waals surface area contributed by atoms with Gasteiger partial charge in [0.1, 0.15) is 0 Å². The van der Waals surface area contributed by atoms with Gasteiger partial charge in [0.15, 0.2) is 0 Å². The van der Waals surface area contributed by atoms with Gasteiger partial charge in [-0.05, 0) is 43.4 Å². The van der Waals surface area contributed by atoms with Crippen LogP contribution in [0.25, 0.3) is 0 Å². The second-order valence-corrected chi connectivity index (χ2v) is 7.31. The normalized spacial score (nSPS) is 41.6. The summed E-state index contributed by atoms with van der Waals surface area (Å²) in [6.07, 6.45) is 5.52. The van der Waals surface area contributed by atoms with Crippen LogP contribution < -0.4 is 4.87 Å². The Bertz CT molecular complexity index is 425. The van der Waals surface area contributed by atoms with Crippen LogP contribution in [-0.4, -0.2) is 10.2 Å². The van der Waals surface area contributed by atoms with Crippen LogP contribution in [0.1, 0.15) is 24.1 Å². The molecule has 4 heteroatoms. The molecule has 0 aromatic carbocycles. The molecule has 2 nitrogen and oxygen atoms in total. The van der Waals surface area contributed by atoms with Crippen molar-refractivity contribution in [2.24, 2.45) is 17.8 Å². The number of hydrogen-bond donors (Lipinski definition) is 1. The molecule has 1 aliphatic heterocycles. The molecule has 1 aromatic rings. The molecule has 1 aromatic heterocycles. The topological polar surface area (TPSA) is 32.9 Å². The maximum Gasteiger partial charge on any atom is 0.305 e. The molecule has 0 radical (unpaired) electrons.